The molecule has 1 fully saturated rings. The normalized spacial score (nSPS) is 23.4. The summed E-state index contributed by atoms with van der Waals surface area (Å²) in [6.07, 6.45) is 8.57. The Bertz CT molecular complexity index is 366. The monoisotopic (exact) mass is 298 g/mol. The summed E-state index contributed by atoms with van der Waals surface area (Å²) in [6.45, 7) is 1.92. The van der Waals surface area contributed by atoms with Crippen LogP contribution in [0.1, 0.15) is 58.3 Å². The van der Waals surface area contributed by atoms with Crippen LogP contribution in [0.2, 0.25) is 0 Å². The molecule has 5 nitrogen and oxygen atoms in total. The molecule has 0 aromatic carbocycles. The lowest BCUT2D eigenvalue weighted by molar-refractivity contribution is -0.144. The molecule has 1 aliphatic rings. The number of aldehydes is 1. The van der Waals surface area contributed by atoms with E-state index < -0.39 is 5.41 Å². The molecule has 0 bridgehead atoms. The number of esters is 2. The van der Waals surface area contributed by atoms with Gasteiger partial charge in [0.2, 0.25) is 0 Å². The largest absolute Gasteiger partial charge is 0.469 e. The van der Waals surface area contributed by atoms with E-state index in [0.29, 0.717) is 13.0 Å². The Labute approximate surface area is 126 Å². The van der Waals surface area contributed by atoms with Crippen LogP contribution in [-0.4, -0.2) is 31.9 Å². The highest BCUT2D eigenvalue weighted by Gasteiger charge is 2.58. The van der Waals surface area contributed by atoms with Gasteiger partial charge in [-0.15, -0.1) is 0 Å². The highest BCUT2D eigenvalue weighted by atomic mass is 16.5. The van der Waals surface area contributed by atoms with Crippen molar-refractivity contribution in [1.29, 1.82) is 0 Å². The van der Waals surface area contributed by atoms with Crippen LogP contribution in [0.15, 0.2) is 0 Å². The van der Waals surface area contributed by atoms with Crippen LogP contribution in [0.25, 0.3) is 0 Å². The molecular formula is C16H26O5. The van der Waals surface area contributed by atoms with Gasteiger partial charge in [-0.2, -0.15) is 0 Å². The van der Waals surface area contributed by atoms with Crippen molar-refractivity contribution < 1.29 is 23.9 Å². The van der Waals surface area contributed by atoms with Gasteiger partial charge < -0.3 is 14.3 Å². The van der Waals surface area contributed by atoms with Gasteiger partial charge in [0, 0.05) is 12.3 Å². The second kappa shape index (κ2) is 8.80. The molecule has 0 aliphatic heterocycles. The van der Waals surface area contributed by atoms with Crippen LogP contribution in [0.5, 0.6) is 0 Å². The molecule has 0 aromatic heterocycles. The molecule has 0 saturated heterocycles. The summed E-state index contributed by atoms with van der Waals surface area (Å²) in [7, 11) is 1.37. The van der Waals surface area contributed by atoms with Gasteiger partial charge in [-0.05, 0) is 19.3 Å². The fraction of sp³-hybridized carbons (Fsp3) is 0.812. The fourth-order valence-electron chi connectivity index (χ4n) is 2.73. The van der Waals surface area contributed by atoms with Crippen LogP contribution in [-0.2, 0) is 23.9 Å². The average Bonchev–Trinajstić information content (AvgIpc) is 3.19. The summed E-state index contributed by atoms with van der Waals surface area (Å²) in [5.41, 5.74) is -0.442. The van der Waals surface area contributed by atoms with Crippen molar-refractivity contribution >= 4 is 18.2 Å². The standard InChI is InChI=1S/C16H26O5/c1-13(18)21-10-8-6-4-3-5-7-9-16(12-17)11-14(16)15(19)20-2/h12,14H,3-11H2,1-2H3/t14-,16-/m0/s1. The lowest BCUT2D eigenvalue weighted by atomic mass is 9.96. The summed E-state index contributed by atoms with van der Waals surface area (Å²) >= 11 is 0. The fourth-order valence-corrected chi connectivity index (χ4v) is 2.73. The number of hydrogen-bond donors (Lipinski definition) is 0. The SMILES string of the molecule is COC(=O)[C@@H]1C[C@]1(C=O)CCCCCCCCOC(C)=O. The number of ether oxygens (including phenoxy) is 2. The van der Waals surface area contributed by atoms with E-state index in [4.69, 9.17) is 9.47 Å². The van der Waals surface area contributed by atoms with E-state index in [0.717, 1.165) is 51.2 Å². The molecule has 1 saturated carbocycles. The lowest BCUT2D eigenvalue weighted by Gasteiger charge is -2.09. The summed E-state index contributed by atoms with van der Waals surface area (Å²) < 4.78 is 9.56. The second-order valence-electron chi connectivity index (χ2n) is 5.84. The predicted octanol–water partition coefficient (Wildman–Crippen LogP) is 2.66. The Morgan fingerprint density at radius 1 is 1.14 bits per heavy atom. The zero-order chi connectivity index (χ0) is 15.7. The van der Waals surface area contributed by atoms with Crippen LogP contribution in [0.3, 0.4) is 0 Å². The minimum atomic E-state index is -0.442. The first-order valence-electron chi connectivity index (χ1n) is 7.73. The molecule has 0 heterocycles. The number of methoxy groups -OCH3 is 1. The first-order valence-corrected chi connectivity index (χ1v) is 7.73. The maximum atomic E-state index is 11.4. The highest BCUT2D eigenvalue weighted by Crippen LogP contribution is 2.55. The Morgan fingerprint density at radius 3 is 2.33 bits per heavy atom. The van der Waals surface area contributed by atoms with Gasteiger partial charge in [0.1, 0.15) is 6.29 Å². The van der Waals surface area contributed by atoms with E-state index in [-0.39, 0.29) is 17.9 Å². The molecule has 0 N–H and O–H groups in total. The van der Waals surface area contributed by atoms with E-state index in [1.165, 1.54) is 14.0 Å². The van der Waals surface area contributed by atoms with Crippen LogP contribution in [0.4, 0.5) is 0 Å². The van der Waals surface area contributed by atoms with Gasteiger partial charge in [-0.25, -0.2) is 0 Å². The van der Waals surface area contributed by atoms with Crippen molar-refractivity contribution in [3.8, 4) is 0 Å². The molecule has 0 amide bonds. The Hall–Kier alpha value is -1.39. The number of carbonyl (C=O) groups is 3. The Morgan fingerprint density at radius 2 is 1.76 bits per heavy atom. The number of unbranched alkanes of at least 4 members (excludes halogenated alkanes) is 5. The zero-order valence-corrected chi connectivity index (χ0v) is 13.1. The Kier molecular flexibility index (Phi) is 7.40. The minimum Gasteiger partial charge on any atom is -0.469 e. The first-order chi connectivity index (χ1) is 10.1. The van der Waals surface area contributed by atoms with Gasteiger partial charge >= 0.3 is 11.9 Å². The van der Waals surface area contributed by atoms with Crippen molar-refractivity contribution in [2.75, 3.05) is 13.7 Å². The molecule has 1 aliphatic carbocycles. The molecule has 0 spiro atoms. The highest BCUT2D eigenvalue weighted by molar-refractivity contribution is 5.84. The topological polar surface area (TPSA) is 69.7 Å². The summed E-state index contributed by atoms with van der Waals surface area (Å²) in [5, 5.41) is 0. The Balaban J connectivity index is 2.00. The maximum Gasteiger partial charge on any atom is 0.309 e. The number of hydrogen-bond acceptors (Lipinski definition) is 5. The lowest BCUT2D eigenvalue weighted by Crippen LogP contribution is -2.13. The van der Waals surface area contributed by atoms with Crippen molar-refractivity contribution in [2.45, 2.75) is 58.3 Å². The van der Waals surface area contributed by atoms with E-state index in [9.17, 15) is 14.4 Å². The van der Waals surface area contributed by atoms with E-state index in [2.05, 4.69) is 0 Å². The average molecular weight is 298 g/mol. The molecule has 2 atom stereocenters. The predicted molar refractivity (Wildman–Crippen MR) is 77.6 cm³/mol. The maximum absolute atomic E-state index is 11.4. The van der Waals surface area contributed by atoms with Gasteiger partial charge in [-0.1, -0.05) is 32.1 Å². The van der Waals surface area contributed by atoms with Gasteiger partial charge in [0.05, 0.1) is 19.6 Å². The van der Waals surface area contributed by atoms with Gasteiger partial charge in [0.25, 0.3) is 0 Å². The van der Waals surface area contributed by atoms with E-state index in [1.54, 1.807) is 0 Å². The molecule has 5 heteroatoms. The summed E-state index contributed by atoms with van der Waals surface area (Å²) in [4.78, 5) is 33.1. The molecule has 120 valence electrons. The third-order valence-electron chi connectivity index (χ3n) is 4.18. The smallest absolute Gasteiger partial charge is 0.309 e. The molecule has 1 rings (SSSR count). The number of carbonyl (C=O) groups excluding carboxylic acids is 3. The van der Waals surface area contributed by atoms with Crippen LogP contribution >= 0.6 is 0 Å². The van der Waals surface area contributed by atoms with Gasteiger partial charge in [-0.3, -0.25) is 9.59 Å². The minimum absolute atomic E-state index is 0.219. The van der Waals surface area contributed by atoms with Crippen molar-refractivity contribution in [1.82, 2.24) is 0 Å². The molecule has 0 unspecified atom stereocenters. The number of rotatable bonds is 11. The first kappa shape index (κ1) is 17.7. The van der Waals surface area contributed by atoms with Crippen LogP contribution in [0, 0.1) is 11.3 Å². The van der Waals surface area contributed by atoms with E-state index >= 15 is 0 Å². The van der Waals surface area contributed by atoms with Gasteiger partial charge in [0.15, 0.2) is 0 Å². The van der Waals surface area contributed by atoms with Crippen LogP contribution < -0.4 is 0 Å². The third kappa shape index (κ3) is 5.86. The zero-order valence-electron chi connectivity index (χ0n) is 13.1. The molecule has 0 aromatic rings. The van der Waals surface area contributed by atoms with Crippen molar-refractivity contribution in [3.05, 3.63) is 0 Å². The van der Waals surface area contributed by atoms with E-state index in [1.807, 2.05) is 0 Å². The third-order valence-corrected chi connectivity index (χ3v) is 4.18. The summed E-state index contributed by atoms with van der Waals surface area (Å²) in [6, 6.07) is 0. The van der Waals surface area contributed by atoms with Crippen molar-refractivity contribution in [2.24, 2.45) is 11.3 Å². The quantitative estimate of drug-likeness (QED) is 0.333. The molecule has 0 radical (unpaired) electrons. The molecular weight excluding hydrogens is 272 g/mol. The van der Waals surface area contributed by atoms with Crippen molar-refractivity contribution in [3.63, 3.8) is 0 Å². The second-order valence-corrected chi connectivity index (χ2v) is 5.84. The summed E-state index contributed by atoms with van der Waals surface area (Å²) in [5.74, 6) is -0.699. The molecule has 21 heavy (non-hydrogen) atoms.